The maximum atomic E-state index is 12.4. The van der Waals surface area contributed by atoms with E-state index in [0.717, 1.165) is 12.2 Å². The lowest BCUT2D eigenvalue weighted by atomic mass is 10.5. The lowest BCUT2D eigenvalue weighted by molar-refractivity contribution is -0.141. The Hall–Kier alpha value is -0.0931. The zero-order valence-electron chi connectivity index (χ0n) is 10.5. The molecule has 8 heteroatoms. The third-order valence-corrected chi connectivity index (χ3v) is 4.81. The summed E-state index contributed by atoms with van der Waals surface area (Å²) in [6.07, 6.45) is -3.42. The Labute approximate surface area is 119 Å². The highest BCUT2D eigenvalue weighted by Gasteiger charge is 2.34. The molecule has 0 aliphatic heterocycles. The van der Waals surface area contributed by atoms with Crippen molar-refractivity contribution < 1.29 is 17.9 Å². The van der Waals surface area contributed by atoms with Gasteiger partial charge in [-0.1, -0.05) is 19.6 Å². The van der Waals surface area contributed by atoms with Gasteiger partial charge >= 0.3 is 6.18 Å². The first-order valence-electron chi connectivity index (χ1n) is 5.47. The third kappa shape index (κ3) is 5.27. The second-order valence-corrected chi connectivity index (χ2v) is 11.8. The van der Waals surface area contributed by atoms with Gasteiger partial charge in [0.25, 0.3) is 0 Å². The summed E-state index contributed by atoms with van der Waals surface area (Å²) in [6.45, 7) is 7.36. The zero-order chi connectivity index (χ0) is 14.0. The average Bonchev–Trinajstić information content (AvgIpc) is 2.53. The molecule has 1 rings (SSSR count). The van der Waals surface area contributed by atoms with E-state index in [4.69, 9.17) is 4.74 Å². The first kappa shape index (κ1) is 16.0. The Morgan fingerprint density at radius 2 is 2.00 bits per heavy atom. The van der Waals surface area contributed by atoms with Crippen LogP contribution in [0.3, 0.4) is 0 Å². The number of hydrogen-bond donors (Lipinski definition) is 0. The van der Waals surface area contributed by atoms with Gasteiger partial charge in [-0.05, 0) is 6.04 Å². The van der Waals surface area contributed by atoms with Crippen LogP contribution in [-0.2, 0) is 17.6 Å². The highest BCUT2D eigenvalue weighted by Crippen LogP contribution is 2.28. The van der Waals surface area contributed by atoms with Gasteiger partial charge in [-0.15, -0.1) is 0 Å². The van der Waals surface area contributed by atoms with E-state index in [9.17, 15) is 13.2 Å². The van der Waals surface area contributed by atoms with Crippen molar-refractivity contribution in [3.05, 3.63) is 15.7 Å². The molecular weight excluding hydrogens is 376 g/mol. The molecule has 104 valence electrons. The van der Waals surface area contributed by atoms with Crippen LogP contribution in [0.4, 0.5) is 13.2 Å². The molecular formula is C10H16F3IN2OSi. The van der Waals surface area contributed by atoms with E-state index in [0.29, 0.717) is 6.61 Å². The van der Waals surface area contributed by atoms with E-state index in [1.54, 1.807) is 22.6 Å². The molecule has 0 radical (unpaired) electrons. The molecule has 1 aromatic rings. The standard InChI is InChI=1S/C10H16F3IN2OSi/c1-18(2,3)5-4-17-7-16-6-8(10(11,12)13)15-9(16)14/h6H,4-5,7H2,1-3H3. The van der Waals surface area contributed by atoms with Gasteiger partial charge in [0.1, 0.15) is 6.73 Å². The molecule has 1 heterocycles. The number of hydrogen-bond acceptors (Lipinski definition) is 2. The lowest BCUT2D eigenvalue weighted by Gasteiger charge is -2.15. The smallest absolute Gasteiger partial charge is 0.361 e. The van der Waals surface area contributed by atoms with Gasteiger partial charge in [0.2, 0.25) is 0 Å². The van der Waals surface area contributed by atoms with E-state index < -0.39 is 19.9 Å². The summed E-state index contributed by atoms with van der Waals surface area (Å²) in [6, 6.07) is 0.990. The molecule has 0 bridgehead atoms. The number of rotatable bonds is 5. The molecule has 0 fully saturated rings. The summed E-state index contributed by atoms with van der Waals surface area (Å²) in [5.41, 5.74) is -0.874. The molecule has 0 N–H and O–H groups in total. The Kier molecular flexibility index (Phi) is 5.24. The van der Waals surface area contributed by atoms with Gasteiger partial charge in [0.15, 0.2) is 9.53 Å². The zero-order valence-corrected chi connectivity index (χ0v) is 13.7. The molecule has 1 aromatic heterocycles. The van der Waals surface area contributed by atoms with E-state index in [1.165, 1.54) is 4.57 Å². The minimum Gasteiger partial charge on any atom is -0.361 e. The van der Waals surface area contributed by atoms with Crippen LogP contribution in [0.2, 0.25) is 25.7 Å². The normalized spacial score (nSPS) is 13.1. The van der Waals surface area contributed by atoms with Gasteiger partial charge in [0.05, 0.1) is 0 Å². The highest BCUT2D eigenvalue weighted by atomic mass is 127. The Balaban J connectivity index is 2.51. The predicted molar refractivity (Wildman–Crippen MR) is 74.1 cm³/mol. The van der Waals surface area contributed by atoms with Gasteiger partial charge in [-0.2, -0.15) is 13.2 Å². The third-order valence-electron chi connectivity index (χ3n) is 2.25. The highest BCUT2D eigenvalue weighted by molar-refractivity contribution is 14.1. The van der Waals surface area contributed by atoms with Gasteiger partial charge in [-0.3, -0.25) is 0 Å². The van der Waals surface area contributed by atoms with Crippen LogP contribution in [0.25, 0.3) is 0 Å². The second kappa shape index (κ2) is 5.91. The second-order valence-electron chi connectivity index (χ2n) is 5.21. The van der Waals surface area contributed by atoms with Crippen molar-refractivity contribution in [3.8, 4) is 0 Å². The van der Waals surface area contributed by atoms with Crippen molar-refractivity contribution >= 4 is 30.7 Å². The molecule has 0 spiro atoms. The number of alkyl halides is 3. The summed E-state index contributed by atoms with van der Waals surface area (Å²) in [5.74, 6) is 0. The summed E-state index contributed by atoms with van der Waals surface area (Å²) in [7, 11) is -1.17. The molecule has 0 aromatic carbocycles. The minimum atomic E-state index is -4.40. The van der Waals surface area contributed by atoms with Crippen molar-refractivity contribution in [2.24, 2.45) is 0 Å². The van der Waals surface area contributed by atoms with Gasteiger partial charge in [-0.25, -0.2) is 4.98 Å². The molecule has 0 atom stereocenters. The quantitative estimate of drug-likeness (QED) is 0.433. The first-order chi connectivity index (χ1) is 8.09. The molecule has 0 aliphatic rings. The molecule has 18 heavy (non-hydrogen) atoms. The molecule has 0 saturated heterocycles. The fraction of sp³-hybridized carbons (Fsp3) is 0.700. The SMILES string of the molecule is C[Si](C)(C)CCOCn1cc(C(F)(F)F)nc1I. The number of aromatic nitrogens is 2. The maximum Gasteiger partial charge on any atom is 0.434 e. The number of ether oxygens (including phenoxy) is 1. The summed E-state index contributed by atoms with van der Waals surface area (Å²) in [5, 5.41) is 0. The Bertz CT molecular complexity index is 401. The average molecular weight is 392 g/mol. The first-order valence-corrected chi connectivity index (χ1v) is 10.3. The van der Waals surface area contributed by atoms with Crippen molar-refractivity contribution in [3.63, 3.8) is 0 Å². The molecule has 0 unspecified atom stereocenters. The fourth-order valence-corrected chi connectivity index (χ4v) is 2.46. The Morgan fingerprint density at radius 1 is 1.39 bits per heavy atom. The van der Waals surface area contributed by atoms with Crippen molar-refractivity contribution in [1.82, 2.24) is 9.55 Å². The monoisotopic (exact) mass is 392 g/mol. The molecule has 0 amide bonds. The Morgan fingerprint density at radius 3 is 2.44 bits per heavy atom. The number of nitrogens with zero attached hydrogens (tertiary/aromatic N) is 2. The number of imidazole rings is 1. The topological polar surface area (TPSA) is 27.1 Å². The van der Waals surface area contributed by atoms with Crippen molar-refractivity contribution in [1.29, 1.82) is 0 Å². The van der Waals surface area contributed by atoms with E-state index >= 15 is 0 Å². The number of halogens is 4. The summed E-state index contributed by atoms with van der Waals surface area (Å²) in [4.78, 5) is 3.46. The van der Waals surface area contributed by atoms with E-state index in [2.05, 4.69) is 24.6 Å². The molecule has 0 saturated carbocycles. The van der Waals surface area contributed by atoms with Crippen LogP contribution in [0.15, 0.2) is 6.20 Å². The van der Waals surface area contributed by atoms with E-state index in [-0.39, 0.29) is 10.6 Å². The lowest BCUT2D eigenvalue weighted by Crippen LogP contribution is -2.22. The van der Waals surface area contributed by atoms with Crippen molar-refractivity contribution in [2.45, 2.75) is 38.6 Å². The molecule has 3 nitrogen and oxygen atoms in total. The van der Waals surface area contributed by atoms with Crippen LogP contribution < -0.4 is 0 Å². The maximum absolute atomic E-state index is 12.4. The van der Waals surface area contributed by atoms with Crippen LogP contribution in [0.1, 0.15) is 5.69 Å². The van der Waals surface area contributed by atoms with Crippen LogP contribution in [0.5, 0.6) is 0 Å². The van der Waals surface area contributed by atoms with Crippen LogP contribution in [-0.4, -0.2) is 24.2 Å². The fourth-order valence-electron chi connectivity index (χ4n) is 1.16. The predicted octanol–water partition coefficient (Wildman–Crippen LogP) is 3.82. The molecule has 0 aliphatic carbocycles. The van der Waals surface area contributed by atoms with Gasteiger partial charge < -0.3 is 9.30 Å². The minimum absolute atomic E-state index is 0.117. The summed E-state index contributed by atoms with van der Waals surface area (Å²) < 4.78 is 44.3. The van der Waals surface area contributed by atoms with Crippen LogP contribution >= 0.6 is 22.6 Å². The van der Waals surface area contributed by atoms with Gasteiger partial charge in [0, 0.05) is 43.5 Å². The van der Waals surface area contributed by atoms with E-state index in [1.807, 2.05) is 0 Å². The van der Waals surface area contributed by atoms with Crippen molar-refractivity contribution in [2.75, 3.05) is 6.61 Å². The van der Waals surface area contributed by atoms with Crippen LogP contribution in [0, 0.1) is 3.83 Å². The largest absolute Gasteiger partial charge is 0.434 e. The summed E-state index contributed by atoms with van der Waals surface area (Å²) >= 11 is 1.77.